The molecule has 1 aromatic carbocycles. The summed E-state index contributed by atoms with van der Waals surface area (Å²) in [6, 6.07) is 3.84. The number of amides is 7. The standard InChI is InChI=1S/C41H65N7O8/c1-11-18-28(32(50)35(52)42-24-30(49)44-31(36(53)47(9)10)26-19-14-12-15-20-26)43-34(51)29-23-27(56-40(5,6)7)25-48(29)37(54)33(39(2,3)4)45-38(55)46-41(8)21-16-13-17-22-41/h12,14-15,19-20,27-29,31,33H,11,13,16-18,21-25H2,1-10H3,(H,42,52)(H,43,51)(H,44,49)(H2,45,46,55)/t27-,28?,29+,31+,33-/m1/s1. The number of Topliss-reactive ketones (excluding diaryl/α,β-unsaturated/α-hetero) is 1. The summed E-state index contributed by atoms with van der Waals surface area (Å²) < 4.78 is 6.23. The van der Waals surface area contributed by atoms with E-state index in [9.17, 15) is 33.6 Å². The van der Waals surface area contributed by atoms with Crippen molar-refractivity contribution in [3.8, 4) is 0 Å². The van der Waals surface area contributed by atoms with Crippen LogP contribution in [0, 0.1) is 5.41 Å². The molecule has 3 rings (SSSR count). The summed E-state index contributed by atoms with van der Waals surface area (Å²) in [6.45, 7) is 14.4. The monoisotopic (exact) mass is 783 g/mol. The third-order valence-electron chi connectivity index (χ3n) is 10.1. The second-order valence-electron chi connectivity index (χ2n) is 17.7. The molecule has 1 heterocycles. The van der Waals surface area contributed by atoms with E-state index in [0.717, 1.165) is 32.1 Å². The van der Waals surface area contributed by atoms with Gasteiger partial charge in [-0.15, -0.1) is 0 Å². The molecule has 1 aliphatic heterocycles. The van der Waals surface area contributed by atoms with Crippen LogP contribution in [0.25, 0.3) is 0 Å². The molecule has 15 heteroatoms. The largest absolute Gasteiger partial charge is 0.371 e. The molecule has 1 saturated heterocycles. The van der Waals surface area contributed by atoms with Gasteiger partial charge in [-0.3, -0.25) is 28.8 Å². The summed E-state index contributed by atoms with van der Waals surface area (Å²) in [6.07, 6.45) is 4.95. The Balaban J connectivity index is 1.76. The Kier molecular flexibility index (Phi) is 16.0. The van der Waals surface area contributed by atoms with Gasteiger partial charge in [0.1, 0.15) is 18.1 Å². The molecule has 1 aliphatic carbocycles. The average Bonchev–Trinajstić information content (AvgIpc) is 3.53. The number of ketones is 1. The first-order chi connectivity index (χ1) is 26.0. The number of likely N-dealkylation sites (tertiary alicyclic amines) is 1. The van der Waals surface area contributed by atoms with E-state index in [0.29, 0.717) is 12.0 Å². The lowest BCUT2D eigenvalue weighted by molar-refractivity contribution is -0.144. The van der Waals surface area contributed by atoms with E-state index in [1.54, 1.807) is 51.4 Å². The van der Waals surface area contributed by atoms with Gasteiger partial charge < -0.3 is 41.1 Å². The highest BCUT2D eigenvalue weighted by Crippen LogP contribution is 2.30. The highest BCUT2D eigenvalue weighted by atomic mass is 16.5. The Hall–Kier alpha value is -4.53. The van der Waals surface area contributed by atoms with Gasteiger partial charge >= 0.3 is 6.03 Å². The van der Waals surface area contributed by atoms with E-state index in [1.807, 2.05) is 48.5 Å². The van der Waals surface area contributed by atoms with Crippen LogP contribution in [0.4, 0.5) is 4.79 Å². The van der Waals surface area contributed by atoms with Crippen molar-refractivity contribution in [3.63, 3.8) is 0 Å². The van der Waals surface area contributed by atoms with Crippen molar-refractivity contribution in [3.05, 3.63) is 35.9 Å². The molecule has 5 N–H and O–H groups in total. The van der Waals surface area contributed by atoms with Crippen LogP contribution in [0.2, 0.25) is 0 Å². The van der Waals surface area contributed by atoms with Crippen molar-refractivity contribution >= 4 is 41.4 Å². The van der Waals surface area contributed by atoms with Gasteiger partial charge in [0, 0.05) is 32.6 Å². The zero-order valence-corrected chi connectivity index (χ0v) is 35.0. The van der Waals surface area contributed by atoms with Crippen LogP contribution in [0.1, 0.15) is 118 Å². The van der Waals surface area contributed by atoms with Crippen LogP contribution in [-0.4, -0.2) is 114 Å². The number of benzene rings is 1. The van der Waals surface area contributed by atoms with Crippen LogP contribution in [0.5, 0.6) is 0 Å². The van der Waals surface area contributed by atoms with Gasteiger partial charge in [0.15, 0.2) is 0 Å². The molecule has 0 spiro atoms. The molecule has 5 atom stereocenters. The number of urea groups is 1. The first kappa shape index (κ1) is 45.9. The number of nitrogens with one attached hydrogen (secondary N) is 5. The number of hydrogen-bond donors (Lipinski definition) is 5. The minimum atomic E-state index is -1.25. The first-order valence-corrected chi connectivity index (χ1v) is 19.8. The molecule has 1 unspecified atom stereocenters. The molecule has 0 radical (unpaired) electrons. The molecule has 15 nitrogen and oxygen atoms in total. The molecule has 1 saturated carbocycles. The molecule has 2 fully saturated rings. The lowest BCUT2D eigenvalue weighted by Crippen LogP contribution is -2.61. The summed E-state index contributed by atoms with van der Waals surface area (Å²) in [5, 5.41) is 13.6. The number of hydrogen-bond acceptors (Lipinski definition) is 8. The van der Waals surface area contributed by atoms with Crippen LogP contribution in [0.3, 0.4) is 0 Å². The fraction of sp³-hybridized carbons (Fsp3) is 0.683. The van der Waals surface area contributed by atoms with Gasteiger partial charge in [0.2, 0.25) is 29.4 Å². The van der Waals surface area contributed by atoms with Crippen LogP contribution in [-0.2, 0) is 33.5 Å². The summed E-state index contributed by atoms with van der Waals surface area (Å²) in [5.74, 6) is -4.23. The zero-order chi connectivity index (χ0) is 42.0. The Morgan fingerprint density at radius 2 is 1.54 bits per heavy atom. The van der Waals surface area contributed by atoms with Gasteiger partial charge in [-0.25, -0.2) is 4.79 Å². The Morgan fingerprint density at radius 1 is 0.911 bits per heavy atom. The van der Waals surface area contributed by atoms with Crippen molar-refractivity contribution in [2.24, 2.45) is 5.41 Å². The molecule has 1 aromatic rings. The predicted octanol–water partition coefficient (Wildman–Crippen LogP) is 3.12. The minimum absolute atomic E-state index is 0.0735. The molecular formula is C41H65N7O8. The Bertz CT molecular complexity index is 1560. The SMILES string of the molecule is CCCC(NC(=O)[C@@H]1C[C@@H](OC(C)(C)C)CN1C(=O)[C@@H](NC(=O)NC1(C)CCCCC1)C(C)(C)C)C(=O)C(=O)NCC(=O)N[C@H](C(=O)N(C)C)c1ccccc1. The second kappa shape index (κ2) is 19.6. The summed E-state index contributed by atoms with van der Waals surface area (Å²) in [4.78, 5) is 97.0. The van der Waals surface area contributed by atoms with E-state index in [4.69, 9.17) is 4.74 Å². The van der Waals surface area contributed by atoms with Crippen LogP contribution in [0.15, 0.2) is 30.3 Å². The highest BCUT2D eigenvalue weighted by molar-refractivity contribution is 6.38. The predicted molar refractivity (Wildman–Crippen MR) is 212 cm³/mol. The maximum absolute atomic E-state index is 14.4. The Morgan fingerprint density at radius 3 is 2.09 bits per heavy atom. The number of carbonyl (C=O) groups is 7. The third-order valence-corrected chi connectivity index (χ3v) is 10.1. The molecule has 0 aromatic heterocycles. The summed E-state index contributed by atoms with van der Waals surface area (Å²) >= 11 is 0. The molecule has 2 aliphatic rings. The van der Waals surface area contributed by atoms with Gasteiger partial charge in [0.05, 0.1) is 24.3 Å². The van der Waals surface area contributed by atoms with Crippen LogP contribution >= 0.6 is 0 Å². The fourth-order valence-electron chi connectivity index (χ4n) is 7.22. The van der Waals surface area contributed by atoms with E-state index in [-0.39, 0.29) is 30.8 Å². The third kappa shape index (κ3) is 13.3. The number of likely N-dealkylation sites (N-methyl/N-ethyl adjacent to an activating group) is 1. The van der Waals surface area contributed by atoms with Crippen molar-refractivity contribution in [1.82, 2.24) is 36.4 Å². The van der Waals surface area contributed by atoms with Crippen molar-refractivity contribution in [2.45, 2.75) is 148 Å². The van der Waals surface area contributed by atoms with Crippen molar-refractivity contribution < 1.29 is 38.3 Å². The molecule has 312 valence electrons. The molecular weight excluding hydrogens is 718 g/mol. The fourth-order valence-corrected chi connectivity index (χ4v) is 7.22. The molecule has 56 heavy (non-hydrogen) atoms. The number of carbonyl (C=O) groups excluding carboxylic acids is 7. The van der Waals surface area contributed by atoms with E-state index >= 15 is 0 Å². The minimum Gasteiger partial charge on any atom is -0.371 e. The number of rotatable bonds is 15. The Labute approximate surface area is 332 Å². The van der Waals surface area contributed by atoms with E-state index in [1.165, 1.54) is 9.80 Å². The smallest absolute Gasteiger partial charge is 0.315 e. The first-order valence-electron chi connectivity index (χ1n) is 19.8. The van der Waals surface area contributed by atoms with Crippen molar-refractivity contribution in [2.75, 3.05) is 27.2 Å². The molecule has 0 bridgehead atoms. The van der Waals surface area contributed by atoms with Crippen LogP contribution < -0.4 is 26.6 Å². The zero-order valence-electron chi connectivity index (χ0n) is 35.0. The van der Waals surface area contributed by atoms with Gasteiger partial charge in [-0.2, -0.15) is 0 Å². The van der Waals surface area contributed by atoms with Gasteiger partial charge in [0.25, 0.3) is 5.91 Å². The van der Waals surface area contributed by atoms with Gasteiger partial charge in [-0.05, 0) is 57.9 Å². The second-order valence-corrected chi connectivity index (χ2v) is 17.7. The lowest BCUT2D eigenvalue weighted by atomic mass is 9.83. The number of ether oxygens (including phenoxy) is 1. The van der Waals surface area contributed by atoms with E-state index in [2.05, 4.69) is 26.6 Å². The average molecular weight is 784 g/mol. The lowest BCUT2D eigenvalue weighted by Gasteiger charge is -2.38. The topological polar surface area (TPSA) is 195 Å². The van der Waals surface area contributed by atoms with Gasteiger partial charge in [-0.1, -0.05) is 83.7 Å². The maximum atomic E-state index is 14.4. The quantitative estimate of drug-likeness (QED) is 0.167. The maximum Gasteiger partial charge on any atom is 0.315 e. The summed E-state index contributed by atoms with van der Waals surface area (Å²) in [7, 11) is 3.12. The summed E-state index contributed by atoms with van der Waals surface area (Å²) in [5.41, 5.74) is -1.17. The van der Waals surface area contributed by atoms with E-state index < -0.39 is 83.3 Å². The molecule has 7 amide bonds. The number of nitrogens with zero attached hydrogens (tertiary/aromatic N) is 2. The van der Waals surface area contributed by atoms with Crippen molar-refractivity contribution in [1.29, 1.82) is 0 Å². The highest BCUT2D eigenvalue weighted by Gasteiger charge is 2.47. The normalized spacial score (nSPS) is 19.8.